The maximum Gasteiger partial charge on any atom is 0.325 e. The van der Waals surface area contributed by atoms with Crippen molar-refractivity contribution in [3.63, 3.8) is 0 Å². The molecule has 2 aliphatic heterocycles. The van der Waals surface area contributed by atoms with E-state index in [9.17, 15) is 14.4 Å². The zero-order valence-electron chi connectivity index (χ0n) is 18.9. The van der Waals surface area contributed by atoms with E-state index in [4.69, 9.17) is 5.26 Å². The molecule has 0 spiro atoms. The van der Waals surface area contributed by atoms with Crippen molar-refractivity contribution < 1.29 is 14.4 Å². The second kappa shape index (κ2) is 8.94. The number of nitrogens with zero attached hydrogens (tertiary/aromatic N) is 4. The van der Waals surface area contributed by atoms with Crippen LogP contribution in [-0.4, -0.2) is 60.4 Å². The van der Waals surface area contributed by atoms with Crippen LogP contribution in [0, 0.1) is 18.3 Å². The first-order valence-corrected chi connectivity index (χ1v) is 11.1. The molecule has 0 saturated carbocycles. The van der Waals surface area contributed by atoms with Crippen molar-refractivity contribution >= 4 is 23.5 Å². The zero-order chi connectivity index (χ0) is 23.6. The number of nitriles is 1. The van der Waals surface area contributed by atoms with Gasteiger partial charge in [-0.1, -0.05) is 29.8 Å². The van der Waals surface area contributed by atoms with Gasteiger partial charge >= 0.3 is 6.03 Å². The van der Waals surface area contributed by atoms with Crippen LogP contribution >= 0.6 is 0 Å². The number of hydrogen-bond acceptors (Lipinski definition) is 5. The zero-order valence-corrected chi connectivity index (χ0v) is 18.9. The number of carbonyl (C=O) groups is 3. The molecule has 1 unspecified atom stereocenters. The van der Waals surface area contributed by atoms with E-state index in [1.807, 2.05) is 43.3 Å². The predicted molar refractivity (Wildman–Crippen MR) is 123 cm³/mol. The summed E-state index contributed by atoms with van der Waals surface area (Å²) in [4.78, 5) is 43.7. The first-order valence-electron chi connectivity index (χ1n) is 11.1. The minimum Gasteiger partial charge on any atom is -0.370 e. The van der Waals surface area contributed by atoms with Gasteiger partial charge in [0.1, 0.15) is 12.1 Å². The molecule has 2 saturated heterocycles. The van der Waals surface area contributed by atoms with Crippen LogP contribution in [-0.2, 0) is 15.1 Å². The maximum atomic E-state index is 13.1. The van der Waals surface area contributed by atoms with Crippen LogP contribution in [0.3, 0.4) is 0 Å². The number of imide groups is 1. The van der Waals surface area contributed by atoms with Crippen molar-refractivity contribution in [3.8, 4) is 6.07 Å². The largest absolute Gasteiger partial charge is 0.370 e. The summed E-state index contributed by atoms with van der Waals surface area (Å²) in [5.74, 6) is -0.660. The molecule has 0 radical (unpaired) electrons. The van der Waals surface area contributed by atoms with E-state index in [-0.39, 0.29) is 12.5 Å². The summed E-state index contributed by atoms with van der Waals surface area (Å²) >= 11 is 0. The molecule has 0 aromatic heterocycles. The molecular weight excluding hydrogens is 418 g/mol. The molecule has 170 valence electrons. The van der Waals surface area contributed by atoms with Crippen LogP contribution in [0.1, 0.15) is 30.0 Å². The highest BCUT2D eigenvalue weighted by atomic mass is 16.2. The minimum absolute atomic E-state index is 0.242. The summed E-state index contributed by atoms with van der Waals surface area (Å²) in [7, 11) is 0. The molecule has 33 heavy (non-hydrogen) atoms. The minimum atomic E-state index is -1.18. The molecule has 1 N–H and O–H groups in total. The quantitative estimate of drug-likeness (QED) is 0.729. The number of aryl methyl sites for hydroxylation is 1. The molecule has 8 heteroatoms. The molecule has 1 atom stereocenters. The van der Waals surface area contributed by atoms with Gasteiger partial charge in [-0.2, -0.15) is 5.26 Å². The van der Waals surface area contributed by atoms with E-state index in [2.05, 4.69) is 16.3 Å². The molecule has 4 rings (SSSR count). The molecule has 0 aliphatic carbocycles. The molecule has 2 aliphatic rings. The monoisotopic (exact) mass is 445 g/mol. The molecule has 8 nitrogen and oxygen atoms in total. The molecule has 2 fully saturated rings. The normalized spacial score (nSPS) is 20.9. The van der Waals surface area contributed by atoms with Gasteiger partial charge in [-0.15, -0.1) is 0 Å². The average molecular weight is 446 g/mol. The van der Waals surface area contributed by atoms with Gasteiger partial charge in [0, 0.05) is 31.9 Å². The Morgan fingerprint density at radius 3 is 2.39 bits per heavy atom. The van der Waals surface area contributed by atoms with E-state index < -0.39 is 17.5 Å². The molecule has 2 aromatic rings. The Kier molecular flexibility index (Phi) is 6.05. The summed E-state index contributed by atoms with van der Waals surface area (Å²) in [6.07, 6.45) is 0.771. The van der Waals surface area contributed by atoms with E-state index in [0.29, 0.717) is 30.8 Å². The van der Waals surface area contributed by atoms with E-state index in [1.165, 1.54) is 0 Å². The molecular formula is C25H27N5O3. The van der Waals surface area contributed by atoms with Gasteiger partial charge in [-0.3, -0.25) is 14.5 Å². The van der Waals surface area contributed by atoms with Gasteiger partial charge < -0.3 is 15.1 Å². The van der Waals surface area contributed by atoms with Gasteiger partial charge in [-0.25, -0.2) is 4.79 Å². The Balaban J connectivity index is 1.40. The Bertz CT molecular complexity index is 1110. The lowest BCUT2D eigenvalue weighted by molar-refractivity contribution is -0.138. The summed E-state index contributed by atoms with van der Waals surface area (Å²) in [6, 6.07) is 16.4. The number of hydrogen-bond donors (Lipinski definition) is 1. The third-order valence-corrected chi connectivity index (χ3v) is 6.41. The first-order chi connectivity index (χ1) is 15.8. The van der Waals surface area contributed by atoms with Crippen molar-refractivity contribution in [3.05, 3.63) is 65.2 Å². The van der Waals surface area contributed by atoms with Gasteiger partial charge in [0.25, 0.3) is 5.91 Å². The van der Waals surface area contributed by atoms with E-state index in [1.54, 1.807) is 24.0 Å². The van der Waals surface area contributed by atoms with Crippen LogP contribution in [0.2, 0.25) is 0 Å². The molecule has 2 heterocycles. The van der Waals surface area contributed by atoms with E-state index >= 15 is 0 Å². The molecule has 4 amide bonds. The Labute approximate surface area is 193 Å². The number of benzene rings is 2. The standard InChI is InChI=1S/C25H27N5O3/c1-18-4-8-20(9-5-18)25(2)23(32)30(24(33)27-25)17-22(31)29-13-3-12-28(14-15-29)21-10-6-19(16-26)7-11-21/h4-11H,3,12-15,17H2,1-2H3,(H,27,33). The first kappa shape index (κ1) is 22.3. The predicted octanol–water partition coefficient (Wildman–Crippen LogP) is 2.37. The summed E-state index contributed by atoms with van der Waals surface area (Å²) in [5.41, 5.74) is 2.18. The fourth-order valence-electron chi connectivity index (χ4n) is 4.33. The highest BCUT2D eigenvalue weighted by Crippen LogP contribution is 2.29. The van der Waals surface area contributed by atoms with Gasteiger partial charge in [0.2, 0.25) is 5.91 Å². The third-order valence-electron chi connectivity index (χ3n) is 6.41. The van der Waals surface area contributed by atoms with Crippen LogP contribution < -0.4 is 10.2 Å². The Morgan fingerprint density at radius 2 is 1.73 bits per heavy atom. The topological polar surface area (TPSA) is 96.8 Å². The highest BCUT2D eigenvalue weighted by molar-refractivity contribution is 6.09. The van der Waals surface area contributed by atoms with Crippen LogP contribution in [0.5, 0.6) is 0 Å². The number of amides is 4. The van der Waals surface area contributed by atoms with Crippen LogP contribution in [0.25, 0.3) is 0 Å². The van der Waals surface area contributed by atoms with Crippen molar-refractivity contribution in [2.45, 2.75) is 25.8 Å². The third kappa shape index (κ3) is 4.40. The number of carbonyl (C=O) groups excluding carboxylic acids is 3. The second-order valence-corrected chi connectivity index (χ2v) is 8.69. The summed E-state index contributed by atoms with van der Waals surface area (Å²) in [5, 5.41) is 11.7. The number of rotatable bonds is 4. The maximum absolute atomic E-state index is 13.1. The average Bonchev–Trinajstić information content (AvgIpc) is 2.99. The van der Waals surface area contributed by atoms with E-state index in [0.717, 1.165) is 29.1 Å². The smallest absolute Gasteiger partial charge is 0.325 e. The van der Waals surface area contributed by atoms with Crippen molar-refractivity contribution in [2.24, 2.45) is 0 Å². The fourth-order valence-corrected chi connectivity index (χ4v) is 4.33. The molecule has 0 bridgehead atoms. The summed E-state index contributed by atoms with van der Waals surface area (Å²) < 4.78 is 0. The van der Waals surface area contributed by atoms with Crippen molar-refractivity contribution in [1.82, 2.24) is 15.1 Å². The van der Waals surface area contributed by atoms with Gasteiger partial charge in [0.15, 0.2) is 0 Å². The van der Waals surface area contributed by atoms with Crippen molar-refractivity contribution in [2.75, 3.05) is 37.6 Å². The SMILES string of the molecule is Cc1ccc(C2(C)NC(=O)N(CC(=O)N3CCCN(c4ccc(C#N)cc4)CC3)C2=O)cc1. The number of anilines is 1. The Morgan fingerprint density at radius 1 is 1.03 bits per heavy atom. The number of nitrogens with one attached hydrogen (secondary N) is 1. The summed E-state index contributed by atoms with van der Waals surface area (Å²) in [6.45, 7) is 5.83. The molecule has 2 aromatic carbocycles. The fraction of sp³-hybridized carbons (Fsp3) is 0.360. The lowest BCUT2D eigenvalue weighted by Crippen LogP contribution is -2.45. The lowest BCUT2D eigenvalue weighted by Gasteiger charge is -2.25. The Hall–Kier alpha value is -3.86. The number of urea groups is 1. The van der Waals surface area contributed by atoms with Gasteiger partial charge in [-0.05, 0) is 50.1 Å². The van der Waals surface area contributed by atoms with Crippen LogP contribution in [0.15, 0.2) is 48.5 Å². The van der Waals surface area contributed by atoms with Crippen LogP contribution in [0.4, 0.5) is 10.5 Å². The van der Waals surface area contributed by atoms with Crippen molar-refractivity contribution in [1.29, 1.82) is 5.26 Å². The lowest BCUT2D eigenvalue weighted by atomic mass is 9.91. The highest BCUT2D eigenvalue weighted by Gasteiger charge is 2.49. The van der Waals surface area contributed by atoms with Gasteiger partial charge in [0.05, 0.1) is 11.6 Å². The second-order valence-electron chi connectivity index (χ2n) is 8.69.